The van der Waals surface area contributed by atoms with Gasteiger partial charge in [-0.2, -0.15) is 5.10 Å². The van der Waals surface area contributed by atoms with Crippen molar-refractivity contribution in [3.8, 4) is 0 Å². The van der Waals surface area contributed by atoms with Gasteiger partial charge in [0.25, 0.3) is 0 Å². The number of nitrogens with two attached hydrogens (primary N) is 1. The molecule has 0 spiro atoms. The second-order valence-corrected chi connectivity index (χ2v) is 4.02. The van der Waals surface area contributed by atoms with E-state index in [2.05, 4.69) is 37.4 Å². The largest absolute Gasteiger partial charge is 0.379 e. The summed E-state index contributed by atoms with van der Waals surface area (Å²) in [6, 6.07) is 2.11. The monoisotopic (exact) mass is 240 g/mol. The van der Waals surface area contributed by atoms with Crippen LogP contribution in [0.1, 0.15) is 44.6 Å². The van der Waals surface area contributed by atoms with Gasteiger partial charge in [0.1, 0.15) is 0 Å². The van der Waals surface area contributed by atoms with Crippen LogP contribution in [0.25, 0.3) is 0 Å². The number of nitrogens with one attached hydrogen (secondary N) is 1. The Bertz CT molecular complexity index is 324. The zero-order valence-corrected chi connectivity index (χ0v) is 11.1. The van der Waals surface area contributed by atoms with Gasteiger partial charge >= 0.3 is 0 Å². The molecule has 17 heavy (non-hydrogen) atoms. The Labute approximate surface area is 103 Å². The van der Waals surface area contributed by atoms with Gasteiger partial charge in [-0.3, -0.25) is 10.5 Å². The fourth-order valence-corrected chi connectivity index (χ4v) is 1.76. The molecule has 1 unspecified atom stereocenters. The molecule has 1 aromatic rings. The Morgan fingerprint density at radius 2 is 2.24 bits per heavy atom. The third-order valence-electron chi connectivity index (χ3n) is 2.71. The van der Waals surface area contributed by atoms with Crippen molar-refractivity contribution in [3.63, 3.8) is 0 Å². The molecule has 0 bridgehead atoms. The Hall–Kier alpha value is -0.910. The minimum atomic E-state index is 0.00861. The van der Waals surface area contributed by atoms with Gasteiger partial charge in [0, 0.05) is 13.2 Å². The van der Waals surface area contributed by atoms with Crippen LogP contribution in [0.3, 0.4) is 0 Å². The molecule has 0 aromatic carbocycles. The van der Waals surface area contributed by atoms with Crippen LogP contribution in [0.2, 0.25) is 0 Å². The van der Waals surface area contributed by atoms with Crippen LogP contribution in [0, 0.1) is 0 Å². The van der Waals surface area contributed by atoms with Gasteiger partial charge in [0.2, 0.25) is 0 Å². The smallest absolute Gasteiger partial charge is 0.0862 e. The van der Waals surface area contributed by atoms with E-state index in [1.165, 1.54) is 0 Å². The normalized spacial score (nSPS) is 12.9. The highest BCUT2D eigenvalue weighted by atomic mass is 16.5. The van der Waals surface area contributed by atoms with E-state index in [1.54, 1.807) is 0 Å². The highest BCUT2D eigenvalue weighted by Crippen LogP contribution is 2.15. The molecule has 0 fully saturated rings. The van der Waals surface area contributed by atoms with Gasteiger partial charge in [0.15, 0.2) is 0 Å². The van der Waals surface area contributed by atoms with Crippen molar-refractivity contribution in [3.05, 3.63) is 17.5 Å². The summed E-state index contributed by atoms with van der Waals surface area (Å²) in [7, 11) is 0. The van der Waals surface area contributed by atoms with Crippen LogP contribution in [-0.2, 0) is 17.7 Å². The first-order chi connectivity index (χ1) is 8.26. The molecule has 0 aliphatic rings. The Morgan fingerprint density at radius 1 is 1.47 bits per heavy atom. The lowest BCUT2D eigenvalue weighted by atomic mass is 10.2. The third kappa shape index (κ3) is 3.80. The SMILES string of the molecule is CCCOCC(NN)c1cc(CC)nn1CC. The second kappa shape index (κ2) is 7.42. The molecule has 1 aromatic heterocycles. The molecule has 5 heteroatoms. The van der Waals surface area contributed by atoms with E-state index in [9.17, 15) is 0 Å². The topological polar surface area (TPSA) is 65.1 Å². The number of hydrogen-bond donors (Lipinski definition) is 2. The summed E-state index contributed by atoms with van der Waals surface area (Å²) in [5, 5.41) is 4.51. The standard InChI is InChI=1S/C12H24N4O/c1-4-7-17-9-11(14-13)12-8-10(5-2)15-16(12)6-3/h8,11,14H,4-7,9,13H2,1-3H3. The molecule has 98 valence electrons. The lowest BCUT2D eigenvalue weighted by Crippen LogP contribution is -2.33. The van der Waals surface area contributed by atoms with E-state index in [0.717, 1.165) is 37.4 Å². The average Bonchev–Trinajstić information content (AvgIpc) is 2.78. The Balaban J connectivity index is 2.75. The van der Waals surface area contributed by atoms with E-state index in [4.69, 9.17) is 10.6 Å². The highest BCUT2D eigenvalue weighted by molar-refractivity contribution is 5.14. The Morgan fingerprint density at radius 3 is 2.76 bits per heavy atom. The van der Waals surface area contributed by atoms with Gasteiger partial charge in [-0.15, -0.1) is 0 Å². The minimum Gasteiger partial charge on any atom is -0.379 e. The lowest BCUT2D eigenvalue weighted by Gasteiger charge is -2.17. The summed E-state index contributed by atoms with van der Waals surface area (Å²) in [6.45, 7) is 8.47. The molecular formula is C12H24N4O. The number of hydrazine groups is 1. The van der Waals surface area contributed by atoms with Crippen molar-refractivity contribution in [1.82, 2.24) is 15.2 Å². The molecule has 5 nitrogen and oxygen atoms in total. The summed E-state index contributed by atoms with van der Waals surface area (Å²) in [5.41, 5.74) is 5.00. The molecule has 0 saturated heterocycles. The number of nitrogens with zero attached hydrogens (tertiary/aromatic N) is 2. The zero-order chi connectivity index (χ0) is 12.7. The zero-order valence-electron chi connectivity index (χ0n) is 11.1. The first-order valence-electron chi connectivity index (χ1n) is 6.37. The average molecular weight is 240 g/mol. The summed E-state index contributed by atoms with van der Waals surface area (Å²) >= 11 is 0. The molecule has 1 rings (SSSR count). The number of aryl methyl sites for hydroxylation is 2. The van der Waals surface area contributed by atoms with Crippen LogP contribution in [0.5, 0.6) is 0 Å². The maximum atomic E-state index is 5.59. The van der Waals surface area contributed by atoms with Crippen LogP contribution in [-0.4, -0.2) is 23.0 Å². The van der Waals surface area contributed by atoms with Crippen molar-refractivity contribution in [1.29, 1.82) is 0 Å². The minimum absolute atomic E-state index is 0.00861. The van der Waals surface area contributed by atoms with Gasteiger partial charge in [-0.1, -0.05) is 13.8 Å². The molecule has 0 amide bonds. The first-order valence-corrected chi connectivity index (χ1v) is 6.37. The third-order valence-corrected chi connectivity index (χ3v) is 2.71. The van der Waals surface area contributed by atoms with E-state index >= 15 is 0 Å². The summed E-state index contributed by atoms with van der Waals surface area (Å²) in [5.74, 6) is 5.59. The molecular weight excluding hydrogens is 216 g/mol. The molecule has 3 N–H and O–H groups in total. The maximum Gasteiger partial charge on any atom is 0.0862 e. The van der Waals surface area contributed by atoms with Gasteiger partial charge in [-0.05, 0) is 25.8 Å². The van der Waals surface area contributed by atoms with Crippen LogP contribution in [0.4, 0.5) is 0 Å². The molecule has 0 aliphatic heterocycles. The predicted molar refractivity (Wildman–Crippen MR) is 68.5 cm³/mol. The second-order valence-electron chi connectivity index (χ2n) is 4.02. The quantitative estimate of drug-likeness (QED) is 0.409. The first kappa shape index (κ1) is 14.2. The van der Waals surface area contributed by atoms with Crippen molar-refractivity contribution in [2.24, 2.45) is 5.84 Å². The molecule has 0 saturated carbocycles. The van der Waals surface area contributed by atoms with Crippen molar-refractivity contribution in [2.75, 3.05) is 13.2 Å². The maximum absolute atomic E-state index is 5.59. The van der Waals surface area contributed by atoms with Crippen LogP contribution < -0.4 is 11.3 Å². The van der Waals surface area contributed by atoms with Crippen LogP contribution in [0.15, 0.2) is 6.07 Å². The van der Waals surface area contributed by atoms with Gasteiger partial charge in [-0.25, -0.2) is 5.43 Å². The number of rotatable bonds is 8. The lowest BCUT2D eigenvalue weighted by molar-refractivity contribution is 0.109. The fraction of sp³-hybridized carbons (Fsp3) is 0.750. The molecule has 0 radical (unpaired) electrons. The van der Waals surface area contributed by atoms with Gasteiger partial charge < -0.3 is 4.74 Å². The molecule has 1 heterocycles. The van der Waals surface area contributed by atoms with E-state index in [1.807, 2.05) is 4.68 Å². The Kier molecular flexibility index (Phi) is 6.18. The number of ether oxygens (including phenoxy) is 1. The van der Waals surface area contributed by atoms with Crippen LogP contribution >= 0.6 is 0 Å². The summed E-state index contributed by atoms with van der Waals surface area (Å²) < 4.78 is 7.53. The highest BCUT2D eigenvalue weighted by Gasteiger charge is 2.16. The van der Waals surface area contributed by atoms with Crippen molar-refractivity contribution in [2.45, 2.75) is 46.2 Å². The number of hydrogen-bond acceptors (Lipinski definition) is 4. The van der Waals surface area contributed by atoms with E-state index in [0.29, 0.717) is 6.61 Å². The molecule has 1 atom stereocenters. The van der Waals surface area contributed by atoms with Gasteiger partial charge in [0.05, 0.1) is 24.0 Å². The number of aromatic nitrogens is 2. The summed E-state index contributed by atoms with van der Waals surface area (Å²) in [6.07, 6.45) is 1.96. The van der Waals surface area contributed by atoms with E-state index < -0.39 is 0 Å². The summed E-state index contributed by atoms with van der Waals surface area (Å²) in [4.78, 5) is 0. The predicted octanol–water partition coefficient (Wildman–Crippen LogP) is 1.40. The van der Waals surface area contributed by atoms with Crippen molar-refractivity contribution < 1.29 is 4.74 Å². The van der Waals surface area contributed by atoms with Crippen molar-refractivity contribution >= 4 is 0 Å². The fourth-order valence-electron chi connectivity index (χ4n) is 1.76. The molecule has 0 aliphatic carbocycles. The van der Waals surface area contributed by atoms with E-state index in [-0.39, 0.29) is 6.04 Å².